The smallest absolute Gasteiger partial charge is 0.334 e. The summed E-state index contributed by atoms with van der Waals surface area (Å²) < 4.78 is 40.1. The summed E-state index contributed by atoms with van der Waals surface area (Å²) in [5.41, 5.74) is 3.32. The van der Waals surface area contributed by atoms with Gasteiger partial charge in [0.05, 0.1) is 5.92 Å². The van der Waals surface area contributed by atoms with Gasteiger partial charge in [0.2, 0.25) is 10.0 Å². The molecule has 6 aliphatic rings. The maximum Gasteiger partial charge on any atom is 0.334 e. The Balaban J connectivity index is 1.13. The molecule has 39 heavy (non-hydrogen) atoms. The van der Waals surface area contributed by atoms with E-state index in [0.717, 1.165) is 11.1 Å². The highest BCUT2D eigenvalue weighted by molar-refractivity contribution is 7.92. The molecule has 5 aliphatic carbocycles. The Morgan fingerprint density at radius 3 is 2.05 bits per heavy atom. The molecule has 7 nitrogen and oxygen atoms in total. The van der Waals surface area contributed by atoms with Crippen LogP contribution in [0, 0.1) is 17.8 Å². The number of esters is 2. The number of rotatable bonds is 4. The zero-order valence-corrected chi connectivity index (χ0v) is 21.9. The third-order valence-corrected chi connectivity index (χ3v) is 12.0. The topological polar surface area (TPSA) is 98.8 Å². The molecule has 3 aromatic carbocycles. The molecule has 0 radical (unpaired) electrons. The molecular formula is C31H27NO6S. The molecule has 8 heteroatoms. The first-order valence-corrected chi connectivity index (χ1v) is 15.0. The minimum atomic E-state index is -4.16. The zero-order chi connectivity index (χ0) is 26.6. The highest BCUT2D eigenvalue weighted by atomic mass is 32.2. The van der Waals surface area contributed by atoms with E-state index in [1.54, 1.807) is 30.3 Å². The minimum Gasteiger partial charge on any atom is -0.442 e. The van der Waals surface area contributed by atoms with Crippen LogP contribution in [-0.4, -0.2) is 30.8 Å². The molecule has 198 valence electrons. The summed E-state index contributed by atoms with van der Waals surface area (Å²) in [6.07, 6.45) is 1.64. The third-order valence-electron chi connectivity index (χ3n) is 9.86. The van der Waals surface area contributed by atoms with Crippen LogP contribution in [0.1, 0.15) is 59.8 Å². The summed E-state index contributed by atoms with van der Waals surface area (Å²) >= 11 is 0. The van der Waals surface area contributed by atoms with Crippen molar-refractivity contribution in [3.05, 3.63) is 101 Å². The van der Waals surface area contributed by atoms with Gasteiger partial charge in [-0.05, 0) is 59.6 Å². The molecule has 1 saturated heterocycles. The second kappa shape index (κ2) is 7.79. The lowest BCUT2D eigenvalue weighted by Gasteiger charge is -2.45. The number of para-hydroxylation sites is 1. The van der Waals surface area contributed by atoms with E-state index in [1.807, 2.05) is 24.3 Å². The van der Waals surface area contributed by atoms with Gasteiger partial charge in [0.25, 0.3) is 0 Å². The first-order valence-electron chi connectivity index (χ1n) is 13.5. The predicted molar refractivity (Wildman–Crippen MR) is 141 cm³/mol. The Morgan fingerprint density at radius 1 is 0.795 bits per heavy atom. The van der Waals surface area contributed by atoms with Gasteiger partial charge in [-0.3, -0.25) is 4.79 Å². The van der Waals surface area contributed by atoms with Gasteiger partial charge in [-0.1, -0.05) is 66.7 Å². The first kappa shape index (κ1) is 23.4. The van der Waals surface area contributed by atoms with Gasteiger partial charge in [0.15, 0.2) is 10.5 Å². The van der Waals surface area contributed by atoms with E-state index in [4.69, 9.17) is 9.47 Å². The summed E-state index contributed by atoms with van der Waals surface area (Å²) in [6.45, 7) is 0. The number of carbonyl (C=O) groups is 2. The molecule has 3 aromatic rings. The van der Waals surface area contributed by atoms with Gasteiger partial charge < -0.3 is 9.47 Å². The normalized spacial score (nSPS) is 35.7. The summed E-state index contributed by atoms with van der Waals surface area (Å²) in [5, 5.41) is 0. The molecule has 0 amide bonds. The average Bonchev–Trinajstić information content (AvgIpc) is 3.52. The Kier molecular flexibility index (Phi) is 4.68. The van der Waals surface area contributed by atoms with Crippen LogP contribution in [0.25, 0.3) is 0 Å². The van der Waals surface area contributed by atoms with Crippen molar-refractivity contribution in [1.82, 2.24) is 4.72 Å². The van der Waals surface area contributed by atoms with Crippen LogP contribution < -0.4 is 9.46 Å². The highest BCUT2D eigenvalue weighted by Gasteiger charge is 2.80. The van der Waals surface area contributed by atoms with Crippen molar-refractivity contribution in [1.29, 1.82) is 0 Å². The lowest BCUT2D eigenvalue weighted by Crippen LogP contribution is -2.54. The van der Waals surface area contributed by atoms with Crippen molar-refractivity contribution in [2.45, 2.75) is 48.0 Å². The lowest BCUT2D eigenvalue weighted by atomic mass is 9.59. The zero-order valence-electron chi connectivity index (χ0n) is 21.1. The van der Waals surface area contributed by atoms with E-state index >= 15 is 0 Å². The SMILES string of the molecule is O=C(OC12CC3CC1C(C(=O)Oc1ccccc1)(C3)S(=O)(=O)N2)C1CC2c3ccccc3C1c1ccccc12. The number of ether oxygens (including phenoxy) is 2. The average molecular weight is 542 g/mol. The van der Waals surface area contributed by atoms with E-state index in [1.165, 1.54) is 11.1 Å². The van der Waals surface area contributed by atoms with Crippen molar-refractivity contribution in [3.63, 3.8) is 0 Å². The molecule has 9 rings (SSSR count). The number of benzene rings is 3. The number of fused-ring (bicyclic) bond motifs is 2. The first-order chi connectivity index (χ1) is 18.8. The molecule has 5 atom stereocenters. The van der Waals surface area contributed by atoms with Crippen LogP contribution in [-0.2, 0) is 24.3 Å². The summed E-state index contributed by atoms with van der Waals surface area (Å²) in [7, 11) is -4.16. The summed E-state index contributed by atoms with van der Waals surface area (Å²) in [4.78, 5) is 27.6. The largest absolute Gasteiger partial charge is 0.442 e. The molecule has 5 unspecified atom stereocenters. The van der Waals surface area contributed by atoms with Crippen molar-refractivity contribution < 1.29 is 27.5 Å². The summed E-state index contributed by atoms with van der Waals surface area (Å²) in [6, 6.07) is 25.0. The van der Waals surface area contributed by atoms with Crippen LogP contribution >= 0.6 is 0 Å². The number of nitrogens with one attached hydrogen (secondary N) is 1. The molecule has 0 spiro atoms. The highest BCUT2D eigenvalue weighted by Crippen LogP contribution is 2.64. The van der Waals surface area contributed by atoms with Crippen LogP contribution in [0.2, 0.25) is 0 Å². The number of carbonyl (C=O) groups excluding carboxylic acids is 2. The van der Waals surface area contributed by atoms with Crippen LogP contribution in [0.3, 0.4) is 0 Å². The Hall–Kier alpha value is -3.49. The van der Waals surface area contributed by atoms with Gasteiger partial charge in [-0.2, -0.15) is 4.72 Å². The van der Waals surface area contributed by atoms with Gasteiger partial charge in [0.1, 0.15) is 5.75 Å². The van der Waals surface area contributed by atoms with E-state index in [0.29, 0.717) is 25.0 Å². The number of hydrogen-bond donors (Lipinski definition) is 1. The van der Waals surface area contributed by atoms with Gasteiger partial charge >= 0.3 is 11.9 Å². The van der Waals surface area contributed by atoms with Crippen molar-refractivity contribution >= 4 is 22.0 Å². The predicted octanol–water partition coefficient (Wildman–Crippen LogP) is 4.23. The van der Waals surface area contributed by atoms with Gasteiger partial charge in [-0.25, -0.2) is 13.2 Å². The quantitative estimate of drug-likeness (QED) is 0.392. The molecule has 1 heterocycles. The molecule has 2 saturated carbocycles. The fourth-order valence-electron chi connectivity index (χ4n) is 8.47. The maximum atomic E-state index is 14.0. The monoisotopic (exact) mass is 541 g/mol. The fraction of sp³-hybridized carbons (Fsp3) is 0.355. The maximum absolute atomic E-state index is 14.0. The van der Waals surface area contributed by atoms with E-state index < -0.39 is 44.3 Å². The molecule has 0 aromatic heterocycles. The molecule has 3 fully saturated rings. The van der Waals surface area contributed by atoms with Crippen molar-refractivity contribution in [2.75, 3.05) is 0 Å². The fourth-order valence-corrected chi connectivity index (χ4v) is 10.8. The Bertz CT molecular complexity index is 1610. The van der Waals surface area contributed by atoms with Crippen molar-refractivity contribution in [3.8, 4) is 5.75 Å². The lowest BCUT2D eigenvalue weighted by molar-refractivity contribution is -0.175. The Morgan fingerprint density at radius 2 is 1.41 bits per heavy atom. The minimum absolute atomic E-state index is 0.0554. The molecule has 1 aliphatic heterocycles. The number of sulfonamides is 1. The number of hydrogen-bond acceptors (Lipinski definition) is 6. The van der Waals surface area contributed by atoms with Crippen LogP contribution in [0.15, 0.2) is 78.9 Å². The van der Waals surface area contributed by atoms with E-state index in [9.17, 15) is 18.0 Å². The Labute approximate surface area is 226 Å². The second-order valence-corrected chi connectivity index (χ2v) is 13.6. The third kappa shape index (κ3) is 2.99. The van der Waals surface area contributed by atoms with Crippen molar-refractivity contribution in [2.24, 2.45) is 17.8 Å². The second-order valence-electron chi connectivity index (χ2n) is 11.7. The molecule has 1 N–H and O–H groups in total. The molecular weight excluding hydrogens is 514 g/mol. The van der Waals surface area contributed by atoms with Gasteiger partial charge in [-0.15, -0.1) is 0 Å². The van der Waals surface area contributed by atoms with Crippen LogP contribution in [0.5, 0.6) is 5.75 Å². The van der Waals surface area contributed by atoms with E-state index in [2.05, 4.69) is 29.0 Å². The molecule has 4 bridgehead atoms. The van der Waals surface area contributed by atoms with E-state index in [-0.39, 0.29) is 24.2 Å². The standard InChI is InChI=1S/C31H27NO6S/c33-28(25-15-24-20-10-4-6-12-22(20)27(25)23-13-7-5-11-21(23)24)38-31-17-18-14-26(31)30(16-18,39(35,36)32-31)29(34)37-19-8-2-1-3-9-19/h1-13,18,24-27,32H,14-17H2. The van der Waals surface area contributed by atoms with Crippen LogP contribution in [0.4, 0.5) is 0 Å². The van der Waals surface area contributed by atoms with Gasteiger partial charge in [0, 0.05) is 24.2 Å². The summed E-state index contributed by atoms with van der Waals surface area (Å²) in [5.74, 6) is -2.18.